The van der Waals surface area contributed by atoms with Gasteiger partial charge in [0, 0.05) is 12.6 Å². The number of nitrogens with zero attached hydrogens (tertiary/aromatic N) is 1. The molecule has 3 unspecified atom stereocenters. The molecule has 1 amide bonds. The second kappa shape index (κ2) is 8.54. The van der Waals surface area contributed by atoms with Gasteiger partial charge in [-0.3, -0.25) is 9.69 Å². The molecule has 0 aromatic heterocycles. The average Bonchev–Trinajstić information content (AvgIpc) is 2.44. The summed E-state index contributed by atoms with van der Waals surface area (Å²) in [4.78, 5) is 14.1. The van der Waals surface area contributed by atoms with Crippen molar-refractivity contribution in [1.82, 2.24) is 10.2 Å². The van der Waals surface area contributed by atoms with Crippen molar-refractivity contribution in [1.29, 1.82) is 0 Å². The van der Waals surface area contributed by atoms with E-state index in [1.54, 1.807) is 0 Å². The van der Waals surface area contributed by atoms with Gasteiger partial charge in [0.25, 0.3) is 0 Å². The van der Waals surface area contributed by atoms with Gasteiger partial charge in [0.1, 0.15) is 0 Å². The Morgan fingerprint density at radius 2 is 2.05 bits per heavy atom. The predicted octanol–water partition coefficient (Wildman–Crippen LogP) is 1.60. The molecule has 3 atom stereocenters. The van der Waals surface area contributed by atoms with Crippen molar-refractivity contribution in [2.24, 2.45) is 17.6 Å². The molecule has 1 fully saturated rings. The van der Waals surface area contributed by atoms with Crippen molar-refractivity contribution in [3.8, 4) is 0 Å². The lowest BCUT2D eigenvalue weighted by molar-refractivity contribution is -0.123. The lowest BCUT2D eigenvalue weighted by Crippen LogP contribution is -2.50. The van der Waals surface area contributed by atoms with E-state index >= 15 is 0 Å². The van der Waals surface area contributed by atoms with E-state index in [1.165, 1.54) is 25.7 Å². The molecule has 0 radical (unpaired) electrons. The standard InChI is InChI=1S/C15H31N3O/c1-4-12-7-8-13(10-16)14(9-12)18(6-3)11-15(19)17-5-2/h12-14H,4-11,16H2,1-3H3,(H,17,19). The number of rotatable bonds is 7. The average molecular weight is 269 g/mol. The number of nitrogens with one attached hydrogen (secondary N) is 1. The number of likely N-dealkylation sites (N-methyl/N-ethyl adjacent to an activating group) is 2. The number of hydrogen-bond acceptors (Lipinski definition) is 3. The van der Waals surface area contributed by atoms with Gasteiger partial charge in [0.2, 0.25) is 5.91 Å². The molecule has 1 saturated carbocycles. The third-order valence-electron chi connectivity index (χ3n) is 4.54. The molecule has 0 spiro atoms. The third-order valence-corrected chi connectivity index (χ3v) is 4.54. The van der Waals surface area contributed by atoms with E-state index < -0.39 is 0 Å². The van der Waals surface area contributed by atoms with E-state index in [9.17, 15) is 4.79 Å². The first-order valence-electron chi connectivity index (χ1n) is 7.86. The van der Waals surface area contributed by atoms with E-state index in [2.05, 4.69) is 24.1 Å². The lowest BCUT2D eigenvalue weighted by atomic mass is 9.76. The maximum Gasteiger partial charge on any atom is 0.234 e. The Bertz CT molecular complexity index is 270. The molecule has 0 aromatic rings. The van der Waals surface area contributed by atoms with E-state index in [0.717, 1.165) is 19.0 Å². The van der Waals surface area contributed by atoms with Gasteiger partial charge in [-0.15, -0.1) is 0 Å². The molecule has 4 nitrogen and oxygen atoms in total. The Balaban J connectivity index is 2.65. The van der Waals surface area contributed by atoms with E-state index in [-0.39, 0.29) is 5.91 Å². The number of amides is 1. The fraction of sp³-hybridized carbons (Fsp3) is 0.933. The SMILES string of the molecule is CCNC(=O)CN(CC)C1CC(CC)CCC1CN. The number of hydrogen-bond donors (Lipinski definition) is 2. The topological polar surface area (TPSA) is 58.4 Å². The van der Waals surface area contributed by atoms with Crippen LogP contribution in [0.15, 0.2) is 0 Å². The molecule has 112 valence electrons. The molecule has 4 heteroatoms. The van der Waals surface area contributed by atoms with E-state index in [4.69, 9.17) is 5.73 Å². The van der Waals surface area contributed by atoms with Gasteiger partial charge < -0.3 is 11.1 Å². The van der Waals surface area contributed by atoms with Crippen LogP contribution in [0.4, 0.5) is 0 Å². The maximum absolute atomic E-state index is 11.8. The van der Waals surface area contributed by atoms with Gasteiger partial charge in [-0.2, -0.15) is 0 Å². The highest BCUT2D eigenvalue weighted by molar-refractivity contribution is 5.77. The molecular weight excluding hydrogens is 238 g/mol. The van der Waals surface area contributed by atoms with E-state index in [1.807, 2.05) is 6.92 Å². The lowest BCUT2D eigenvalue weighted by Gasteiger charge is -2.41. The van der Waals surface area contributed by atoms with Crippen LogP contribution in [0.3, 0.4) is 0 Å². The van der Waals surface area contributed by atoms with E-state index in [0.29, 0.717) is 25.0 Å². The Morgan fingerprint density at radius 3 is 2.58 bits per heavy atom. The molecule has 1 aliphatic carbocycles. The summed E-state index contributed by atoms with van der Waals surface area (Å²) in [5, 5.41) is 2.90. The molecule has 0 aliphatic heterocycles. The summed E-state index contributed by atoms with van der Waals surface area (Å²) in [5.41, 5.74) is 5.94. The predicted molar refractivity (Wildman–Crippen MR) is 79.9 cm³/mol. The quantitative estimate of drug-likeness (QED) is 0.738. The second-order valence-corrected chi connectivity index (χ2v) is 5.67. The fourth-order valence-electron chi connectivity index (χ4n) is 3.29. The summed E-state index contributed by atoms with van der Waals surface area (Å²) in [5.74, 6) is 1.49. The van der Waals surface area contributed by atoms with Crippen LogP contribution < -0.4 is 11.1 Å². The van der Waals surface area contributed by atoms with Crippen molar-refractivity contribution in [2.45, 2.75) is 52.5 Å². The van der Waals surface area contributed by atoms with Crippen LogP contribution in [-0.4, -0.2) is 43.0 Å². The smallest absolute Gasteiger partial charge is 0.234 e. The zero-order valence-electron chi connectivity index (χ0n) is 12.8. The van der Waals surface area contributed by atoms with Crippen LogP contribution in [0, 0.1) is 11.8 Å². The summed E-state index contributed by atoms with van der Waals surface area (Å²) in [6.07, 6.45) is 4.96. The normalized spacial score (nSPS) is 27.5. The molecule has 0 saturated heterocycles. The molecule has 1 rings (SSSR count). The minimum absolute atomic E-state index is 0.138. The first-order valence-corrected chi connectivity index (χ1v) is 7.86. The van der Waals surface area contributed by atoms with Crippen LogP contribution in [0.2, 0.25) is 0 Å². The Kier molecular flexibility index (Phi) is 7.39. The van der Waals surface area contributed by atoms with Crippen molar-refractivity contribution in [3.63, 3.8) is 0 Å². The van der Waals surface area contributed by atoms with Crippen molar-refractivity contribution in [3.05, 3.63) is 0 Å². The molecule has 1 aliphatic rings. The monoisotopic (exact) mass is 269 g/mol. The summed E-state index contributed by atoms with van der Waals surface area (Å²) in [6.45, 7) is 9.26. The highest BCUT2D eigenvalue weighted by Gasteiger charge is 2.33. The fourth-order valence-corrected chi connectivity index (χ4v) is 3.29. The maximum atomic E-state index is 11.8. The van der Waals surface area contributed by atoms with Crippen LogP contribution in [0.25, 0.3) is 0 Å². The summed E-state index contributed by atoms with van der Waals surface area (Å²) >= 11 is 0. The molecule has 3 N–H and O–H groups in total. The Hall–Kier alpha value is -0.610. The van der Waals surface area contributed by atoms with Gasteiger partial charge in [-0.1, -0.05) is 26.7 Å². The molecule has 0 aromatic carbocycles. The second-order valence-electron chi connectivity index (χ2n) is 5.67. The Labute approximate surface area is 118 Å². The van der Waals surface area contributed by atoms with Gasteiger partial charge in [-0.05, 0) is 44.7 Å². The number of nitrogens with two attached hydrogens (primary N) is 1. The van der Waals surface area contributed by atoms with Gasteiger partial charge in [0.15, 0.2) is 0 Å². The molecule has 0 heterocycles. The largest absolute Gasteiger partial charge is 0.355 e. The van der Waals surface area contributed by atoms with Crippen molar-refractivity contribution < 1.29 is 4.79 Å². The first kappa shape index (κ1) is 16.4. The number of carbonyl (C=O) groups excluding carboxylic acids is 1. The number of carbonyl (C=O) groups is 1. The summed E-state index contributed by atoms with van der Waals surface area (Å²) in [6, 6.07) is 0.483. The summed E-state index contributed by atoms with van der Waals surface area (Å²) in [7, 11) is 0. The first-order chi connectivity index (χ1) is 9.15. The summed E-state index contributed by atoms with van der Waals surface area (Å²) < 4.78 is 0. The molecule has 0 bridgehead atoms. The minimum Gasteiger partial charge on any atom is -0.355 e. The zero-order chi connectivity index (χ0) is 14.3. The van der Waals surface area contributed by atoms with Crippen LogP contribution >= 0.6 is 0 Å². The van der Waals surface area contributed by atoms with Crippen LogP contribution in [-0.2, 0) is 4.79 Å². The molecular formula is C15H31N3O. The third kappa shape index (κ3) is 4.77. The Morgan fingerprint density at radius 1 is 1.32 bits per heavy atom. The van der Waals surface area contributed by atoms with Crippen molar-refractivity contribution >= 4 is 5.91 Å². The van der Waals surface area contributed by atoms with Crippen LogP contribution in [0.1, 0.15) is 46.5 Å². The van der Waals surface area contributed by atoms with Gasteiger partial charge in [0.05, 0.1) is 6.54 Å². The van der Waals surface area contributed by atoms with Gasteiger partial charge in [-0.25, -0.2) is 0 Å². The highest BCUT2D eigenvalue weighted by atomic mass is 16.2. The highest BCUT2D eigenvalue weighted by Crippen LogP contribution is 2.33. The van der Waals surface area contributed by atoms with Crippen molar-refractivity contribution in [2.75, 3.05) is 26.2 Å². The van der Waals surface area contributed by atoms with Crippen LogP contribution in [0.5, 0.6) is 0 Å². The minimum atomic E-state index is 0.138. The molecule has 19 heavy (non-hydrogen) atoms. The van der Waals surface area contributed by atoms with Gasteiger partial charge >= 0.3 is 0 Å². The zero-order valence-corrected chi connectivity index (χ0v) is 12.8.